The number of halogens is 1. The quantitative estimate of drug-likeness (QED) is 0.754. The van der Waals surface area contributed by atoms with Gasteiger partial charge < -0.3 is 16.0 Å². The van der Waals surface area contributed by atoms with E-state index < -0.39 is 6.04 Å². The zero-order chi connectivity index (χ0) is 15.4. The lowest BCUT2D eigenvalue weighted by Gasteiger charge is -2.22. The van der Waals surface area contributed by atoms with Crippen LogP contribution in [0.5, 0.6) is 0 Å². The molecule has 0 spiro atoms. The molecule has 2 atom stereocenters. The number of carbonyl (C=O) groups is 1. The van der Waals surface area contributed by atoms with Gasteiger partial charge in [0, 0.05) is 46.2 Å². The Kier molecular flexibility index (Phi) is 7.14. The summed E-state index contributed by atoms with van der Waals surface area (Å²) >= 11 is 3.90. The van der Waals surface area contributed by atoms with Crippen LogP contribution >= 0.6 is 35.9 Å². The van der Waals surface area contributed by atoms with Gasteiger partial charge in [-0.3, -0.25) is 4.79 Å². The second kappa shape index (κ2) is 8.87. The van der Waals surface area contributed by atoms with Gasteiger partial charge in [-0.25, -0.2) is 0 Å². The van der Waals surface area contributed by atoms with Gasteiger partial charge in [0.2, 0.25) is 5.91 Å². The van der Waals surface area contributed by atoms with Crippen LogP contribution in [-0.4, -0.2) is 46.0 Å². The van der Waals surface area contributed by atoms with Crippen molar-refractivity contribution in [2.24, 2.45) is 5.73 Å². The number of hydrogen-bond acceptors (Lipinski definition) is 4. The van der Waals surface area contributed by atoms with Gasteiger partial charge >= 0.3 is 0 Å². The Labute approximate surface area is 151 Å². The molecule has 1 aromatic carbocycles. The number of nitrogens with two attached hydrogens (primary N) is 1. The third kappa shape index (κ3) is 4.83. The van der Waals surface area contributed by atoms with E-state index in [4.69, 9.17) is 5.73 Å². The van der Waals surface area contributed by atoms with Crippen LogP contribution in [0.3, 0.4) is 0 Å². The van der Waals surface area contributed by atoms with E-state index in [-0.39, 0.29) is 18.3 Å². The molecule has 7 heteroatoms. The molecule has 1 aromatic heterocycles. The number of aromatic nitrogens is 1. The van der Waals surface area contributed by atoms with Crippen molar-refractivity contribution in [2.45, 2.75) is 17.7 Å². The average molecular weight is 372 g/mol. The van der Waals surface area contributed by atoms with E-state index in [9.17, 15) is 4.79 Å². The Balaban J connectivity index is 0.00000192. The van der Waals surface area contributed by atoms with Crippen molar-refractivity contribution in [3.05, 3.63) is 36.0 Å². The molecule has 0 saturated carbocycles. The second-order valence-corrected chi connectivity index (χ2v) is 8.04. The number of amides is 1. The zero-order valence-corrected chi connectivity index (χ0v) is 15.2. The molecule has 1 saturated heterocycles. The standard InChI is InChI=1S/C16H21N3OS2.ClH/c17-14(16(20)19-9-12-10-21-5-6-22-12)7-11-8-18-15-4-2-1-3-13(11)15;/h1-4,8,12,14,18H,5-7,9-10,17H2,(H,19,20);1H/t12?,14-;/m0./s1. The molecule has 1 fully saturated rings. The molecule has 4 N–H and O–H groups in total. The third-order valence-corrected chi connectivity index (χ3v) is 6.69. The van der Waals surface area contributed by atoms with Crippen molar-refractivity contribution < 1.29 is 4.79 Å². The van der Waals surface area contributed by atoms with Crippen LogP contribution in [0.1, 0.15) is 5.56 Å². The molecule has 4 nitrogen and oxygen atoms in total. The van der Waals surface area contributed by atoms with Gasteiger partial charge in [-0.05, 0) is 18.1 Å². The molecule has 1 aliphatic heterocycles. The van der Waals surface area contributed by atoms with Crippen molar-refractivity contribution in [1.29, 1.82) is 0 Å². The highest BCUT2D eigenvalue weighted by molar-refractivity contribution is 8.06. The Morgan fingerprint density at radius 2 is 2.22 bits per heavy atom. The summed E-state index contributed by atoms with van der Waals surface area (Å²) in [5.74, 6) is 3.45. The van der Waals surface area contributed by atoms with Gasteiger partial charge in [-0.15, -0.1) is 12.4 Å². The maximum atomic E-state index is 12.2. The maximum absolute atomic E-state index is 12.2. The minimum absolute atomic E-state index is 0. The highest BCUT2D eigenvalue weighted by Crippen LogP contribution is 2.23. The Morgan fingerprint density at radius 3 is 3.00 bits per heavy atom. The summed E-state index contributed by atoms with van der Waals surface area (Å²) in [6.45, 7) is 0.720. The van der Waals surface area contributed by atoms with Crippen molar-refractivity contribution in [3.8, 4) is 0 Å². The van der Waals surface area contributed by atoms with E-state index >= 15 is 0 Å². The predicted molar refractivity (Wildman–Crippen MR) is 104 cm³/mol. The monoisotopic (exact) mass is 371 g/mol. The lowest BCUT2D eigenvalue weighted by Crippen LogP contribution is -2.44. The van der Waals surface area contributed by atoms with Crippen molar-refractivity contribution in [1.82, 2.24) is 10.3 Å². The number of hydrogen-bond donors (Lipinski definition) is 3. The number of para-hydroxylation sites is 1. The van der Waals surface area contributed by atoms with Crippen molar-refractivity contribution in [2.75, 3.05) is 23.8 Å². The van der Waals surface area contributed by atoms with Gasteiger partial charge in [0.25, 0.3) is 0 Å². The molecular formula is C16H22ClN3OS2. The fourth-order valence-corrected chi connectivity index (χ4v) is 5.24. The SMILES string of the molecule is Cl.N[C@@H](Cc1c[nH]c2ccccc12)C(=O)NCC1CSCCS1. The summed E-state index contributed by atoms with van der Waals surface area (Å²) in [6, 6.07) is 7.59. The molecule has 1 aliphatic rings. The highest BCUT2D eigenvalue weighted by Gasteiger charge is 2.19. The largest absolute Gasteiger partial charge is 0.361 e. The molecule has 23 heavy (non-hydrogen) atoms. The molecular weight excluding hydrogens is 350 g/mol. The van der Waals surface area contributed by atoms with E-state index in [0.29, 0.717) is 11.7 Å². The first-order chi connectivity index (χ1) is 10.7. The Bertz CT molecular complexity index is 643. The van der Waals surface area contributed by atoms with Crippen LogP contribution in [0.2, 0.25) is 0 Å². The summed E-state index contributed by atoms with van der Waals surface area (Å²) in [5, 5.41) is 4.66. The number of fused-ring (bicyclic) bond motifs is 1. The van der Waals surface area contributed by atoms with Gasteiger partial charge in [-0.2, -0.15) is 23.5 Å². The molecule has 0 bridgehead atoms. The fraction of sp³-hybridized carbons (Fsp3) is 0.438. The number of aromatic amines is 1. The van der Waals surface area contributed by atoms with E-state index in [1.165, 1.54) is 11.5 Å². The lowest BCUT2D eigenvalue weighted by atomic mass is 10.1. The molecule has 1 amide bonds. The van der Waals surface area contributed by atoms with Gasteiger partial charge in [0.05, 0.1) is 6.04 Å². The van der Waals surface area contributed by atoms with E-state index in [2.05, 4.69) is 16.4 Å². The molecule has 126 valence electrons. The van der Waals surface area contributed by atoms with Crippen LogP contribution in [-0.2, 0) is 11.2 Å². The summed E-state index contributed by atoms with van der Waals surface area (Å²) in [7, 11) is 0. The van der Waals surface area contributed by atoms with Crippen molar-refractivity contribution >= 4 is 52.7 Å². The summed E-state index contributed by atoms with van der Waals surface area (Å²) in [6.07, 6.45) is 2.51. The van der Waals surface area contributed by atoms with E-state index in [1.807, 2.05) is 47.9 Å². The number of nitrogens with one attached hydrogen (secondary N) is 2. The third-order valence-electron chi connectivity index (χ3n) is 3.84. The summed E-state index contributed by atoms with van der Waals surface area (Å²) in [4.78, 5) is 15.4. The van der Waals surface area contributed by atoms with Gasteiger partial charge in [-0.1, -0.05) is 18.2 Å². The molecule has 0 aliphatic carbocycles. The molecule has 1 unspecified atom stereocenters. The number of carbonyl (C=O) groups excluding carboxylic acids is 1. The number of rotatable bonds is 5. The number of H-pyrrole nitrogens is 1. The highest BCUT2D eigenvalue weighted by atomic mass is 35.5. The van der Waals surface area contributed by atoms with E-state index in [0.717, 1.165) is 28.8 Å². The van der Waals surface area contributed by atoms with Crippen LogP contribution < -0.4 is 11.1 Å². The summed E-state index contributed by atoms with van der Waals surface area (Å²) in [5.41, 5.74) is 8.26. The van der Waals surface area contributed by atoms with Crippen LogP contribution in [0.4, 0.5) is 0 Å². The average Bonchev–Trinajstić information content (AvgIpc) is 2.97. The van der Waals surface area contributed by atoms with Gasteiger partial charge in [0.1, 0.15) is 0 Å². The molecule has 2 heterocycles. The molecule has 3 rings (SSSR count). The molecule has 2 aromatic rings. The minimum atomic E-state index is -0.500. The van der Waals surface area contributed by atoms with Gasteiger partial charge in [0.15, 0.2) is 0 Å². The normalized spacial score (nSPS) is 19.1. The smallest absolute Gasteiger partial charge is 0.237 e. The zero-order valence-electron chi connectivity index (χ0n) is 12.8. The van der Waals surface area contributed by atoms with Crippen molar-refractivity contribution in [3.63, 3.8) is 0 Å². The maximum Gasteiger partial charge on any atom is 0.237 e. The first-order valence-electron chi connectivity index (χ1n) is 7.51. The van der Waals surface area contributed by atoms with Crippen LogP contribution in [0.25, 0.3) is 10.9 Å². The topological polar surface area (TPSA) is 70.9 Å². The first-order valence-corrected chi connectivity index (χ1v) is 9.72. The predicted octanol–water partition coefficient (Wildman–Crippen LogP) is 2.42. The Morgan fingerprint density at radius 1 is 1.39 bits per heavy atom. The minimum Gasteiger partial charge on any atom is -0.361 e. The lowest BCUT2D eigenvalue weighted by molar-refractivity contribution is -0.122. The number of thioether (sulfide) groups is 2. The molecule has 0 radical (unpaired) electrons. The first kappa shape index (κ1) is 18.5. The fourth-order valence-electron chi connectivity index (χ4n) is 2.63. The summed E-state index contributed by atoms with van der Waals surface area (Å²) < 4.78 is 0. The Hall–Kier alpha value is -0.820. The van der Waals surface area contributed by atoms with Crippen LogP contribution in [0.15, 0.2) is 30.5 Å². The van der Waals surface area contributed by atoms with Crippen LogP contribution in [0, 0.1) is 0 Å². The second-order valence-electron chi connectivity index (χ2n) is 5.48. The number of benzene rings is 1. The van der Waals surface area contributed by atoms with E-state index in [1.54, 1.807) is 0 Å².